The van der Waals surface area contributed by atoms with Gasteiger partial charge in [-0.1, -0.05) is 13.8 Å². The van der Waals surface area contributed by atoms with Crippen molar-refractivity contribution in [1.29, 1.82) is 0 Å². The Morgan fingerprint density at radius 1 is 1.17 bits per heavy atom. The quantitative estimate of drug-likeness (QED) is 0.605. The SMILES string of the molecule is CC(C)(C)O[SiH3].CCN(C)CC. The lowest BCUT2D eigenvalue weighted by atomic mass is 10.2. The Labute approximate surface area is 80.8 Å². The van der Waals surface area contributed by atoms with Crippen LogP contribution in [-0.4, -0.2) is 41.1 Å². The molecule has 0 spiro atoms. The van der Waals surface area contributed by atoms with E-state index in [1.165, 1.54) is 0 Å². The Balaban J connectivity index is 0. The minimum Gasteiger partial charge on any atom is -0.423 e. The first kappa shape index (κ1) is 14.6. The van der Waals surface area contributed by atoms with E-state index in [0.29, 0.717) is 0 Å². The zero-order valence-electron chi connectivity index (χ0n) is 9.77. The molecular formula is C9H25NOSi. The average molecular weight is 191 g/mol. The third-order valence-corrected chi connectivity index (χ3v) is 2.92. The summed E-state index contributed by atoms with van der Waals surface area (Å²) in [5.74, 6) is 0. The van der Waals surface area contributed by atoms with Gasteiger partial charge < -0.3 is 9.33 Å². The highest BCUT2D eigenvalue weighted by atomic mass is 28.2. The summed E-state index contributed by atoms with van der Waals surface area (Å²) in [5.41, 5.74) is 0.103. The van der Waals surface area contributed by atoms with Crippen molar-refractivity contribution in [3.63, 3.8) is 0 Å². The molecule has 0 unspecified atom stereocenters. The van der Waals surface area contributed by atoms with Crippen LogP contribution in [0.3, 0.4) is 0 Å². The van der Waals surface area contributed by atoms with Gasteiger partial charge in [-0.25, -0.2) is 0 Å². The van der Waals surface area contributed by atoms with E-state index in [2.05, 4.69) is 46.6 Å². The number of nitrogens with zero attached hydrogens (tertiary/aromatic N) is 1. The Morgan fingerprint density at radius 2 is 1.42 bits per heavy atom. The fraction of sp³-hybridized carbons (Fsp3) is 1.00. The summed E-state index contributed by atoms with van der Waals surface area (Å²) in [7, 11) is 2.96. The maximum atomic E-state index is 5.08. The molecule has 0 amide bonds. The van der Waals surface area contributed by atoms with Crippen LogP contribution in [0.5, 0.6) is 0 Å². The Kier molecular flexibility index (Phi) is 9.48. The van der Waals surface area contributed by atoms with Gasteiger partial charge in [0.1, 0.15) is 10.5 Å². The molecule has 0 aromatic carbocycles. The summed E-state index contributed by atoms with van der Waals surface area (Å²) in [6, 6.07) is 0. The van der Waals surface area contributed by atoms with Crippen molar-refractivity contribution in [3.8, 4) is 0 Å². The minimum absolute atomic E-state index is 0.103. The maximum Gasteiger partial charge on any atom is 0.146 e. The smallest absolute Gasteiger partial charge is 0.146 e. The van der Waals surface area contributed by atoms with E-state index in [1.807, 2.05) is 0 Å². The van der Waals surface area contributed by atoms with Gasteiger partial charge in [0.05, 0.1) is 0 Å². The van der Waals surface area contributed by atoms with Crippen molar-refractivity contribution in [1.82, 2.24) is 4.90 Å². The van der Waals surface area contributed by atoms with Gasteiger partial charge in [-0.15, -0.1) is 0 Å². The molecule has 0 radical (unpaired) electrons. The van der Waals surface area contributed by atoms with Crippen LogP contribution in [-0.2, 0) is 4.43 Å². The largest absolute Gasteiger partial charge is 0.423 e. The molecule has 0 atom stereocenters. The van der Waals surface area contributed by atoms with Crippen molar-refractivity contribution in [3.05, 3.63) is 0 Å². The summed E-state index contributed by atoms with van der Waals surface area (Å²) < 4.78 is 5.08. The predicted octanol–water partition coefficient (Wildman–Crippen LogP) is 1.04. The van der Waals surface area contributed by atoms with E-state index in [1.54, 1.807) is 0 Å². The Bertz CT molecular complexity index is 87.0. The van der Waals surface area contributed by atoms with E-state index in [9.17, 15) is 0 Å². The van der Waals surface area contributed by atoms with E-state index >= 15 is 0 Å². The average Bonchev–Trinajstić information content (AvgIpc) is 2.03. The molecule has 0 aliphatic heterocycles. The van der Waals surface area contributed by atoms with Crippen molar-refractivity contribution < 1.29 is 4.43 Å². The van der Waals surface area contributed by atoms with E-state index in [-0.39, 0.29) is 5.60 Å². The maximum absolute atomic E-state index is 5.08. The van der Waals surface area contributed by atoms with Crippen molar-refractivity contribution in [2.24, 2.45) is 0 Å². The second-order valence-corrected chi connectivity index (χ2v) is 4.21. The van der Waals surface area contributed by atoms with Crippen molar-refractivity contribution in [2.75, 3.05) is 20.1 Å². The van der Waals surface area contributed by atoms with Gasteiger partial charge in [0.2, 0.25) is 0 Å². The molecule has 12 heavy (non-hydrogen) atoms. The normalized spacial score (nSPS) is 11.2. The monoisotopic (exact) mass is 191 g/mol. The topological polar surface area (TPSA) is 12.5 Å². The van der Waals surface area contributed by atoms with Gasteiger partial charge in [-0.05, 0) is 40.9 Å². The second kappa shape index (κ2) is 7.77. The highest BCUT2D eigenvalue weighted by molar-refractivity contribution is 5.98. The Hall–Kier alpha value is 0.137. The minimum atomic E-state index is 0.103. The molecule has 0 aromatic rings. The summed E-state index contributed by atoms with van der Waals surface area (Å²) in [5, 5.41) is 0. The molecule has 0 fully saturated rings. The molecule has 0 aliphatic carbocycles. The number of hydrogen-bond acceptors (Lipinski definition) is 2. The summed E-state index contributed by atoms with van der Waals surface area (Å²) in [6.07, 6.45) is 0. The highest BCUT2D eigenvalue weighted by Crippen LogP contribution is 2.01. The van der Waals surface area contributed by atoms with Gasteiger partial charge >= 0.3 is 0 Å². The highest BCUT2D eigenvalue weighted by Gasteiger charge is 2.03. The standard InChI is InChI=1S/C5H13N.C4H12OSi/c1-4-6(3)5-2;1-4(2,3)5-6/h4-5H2,1-3H3;1-3,6H3. The molecule has 0 aliphatic rings. The van der Waals surface area contributed by atoms with Gasteiger partial charge in [-0.2, -0.15) is 0 Å². The van der Waals surface area contributed by atoms with Crippen LogP contribution in [0, 0.1) is 0 Å². The molecule has 2 nitrogen and oxygen atoms in total. The second-order valence-electron chi connectivity index (χ2n) is 3.81. The molecule has 76 valence electrons. The molecular weight excluding hydrogens is 166 g/mol. The first-order valence-electron chi connectivity index (χ1n) is 4.61. The van der Waals surface area contributed by atoms with Gasteiger partial charge in [0.15, 0.2) is 0 Å². The van der Waals surface area contributed by atoms with Crippen LogP contribution in [0.1, 0.15) is 34.6 Å². The van der Waals surface area contributed by atoms with Crippen molar-refractivity contribution in [2.45, 2.75) is 40.2 Å². The zero-order valence-corrected chi connectivity index (χ0v) is 11.8. The Morgan fingerprint density at radius 3 is 1.42 bits per heavy atom. The fourth-order valence-electron chi connectivity index (χ4n) is 0.224. The lowest BCUT2D eigenvalue weighted by Crippen LogP contribution is -2.16. The van der Waals surface area contributed by atoms with E-state index < -0.39 is 0 Å². The summed E-state index contributed by atoms with van der Waals surface area (Å²) >= 11 is 0. The first-order valence-corrected chi connectivity index (χ1v) is 5.42. The van der Waals surface area contributed by atoms with Crippen LogP contribution in [0.15, 0.2) is 0 Å². The summed E-state index contributed by atoms with van der Waals surface area (Å²) in [6.45, 7) is 12.8. The number of hydrogen-bond donors (Lipinski definition) is 0. The van der Waals surface area contributed by atoms with Gasteiger partial charge in [0.25, 0.3) is 0 Å². The van der Waals surface area contributed by atoms with Crippen LogP contribution in [0.2, 0.25) is 0 Å². The van der Waals surface area contributed by atoms with Crippen LogP contribution in [0.4, 0.5) is 0 Å². The molecule has 0 rings (SSSR count). The summed E-state index contributed by atoms with van der Waals surface area (Å²) in [4.78, 5) is 2.25. The third-order valence-electron chi connectivity index (χ3n) is 1.69. The van der Waals surface area contributed by atoms with Crippen LogP contribution >= 0.6 is 0 Å². The molecule has 0 saturated carbocycles. The van der Waals surface area contributed by atoms with E-state index in [4.69, 9.17) is 4.43 Å². The molecule has 0 bridgehead atoms. The van der Waals surface area contributed by atoms with Crippen molar-refractivity contribution >= 4 is 10.5 Å². The fourth-order valence-corrected chi connectivity index (χ4v) is 0.224. The van der Waals surface area contributed by atoms with E-state index in [0.717, 1.165) is 23.6 Å². The van der Waals surface area contributed by atoms with Gasteiger partial charge in [0, 0.05) is 5.60 Å². The lowest BCUT2D eigenvalue weighted by molar-refractivity contribution is 0.147. The molecule has 3 heteroatoms. The lowest BCUT2D eigenvalue weighted by Gasteiger charge is -2.15. The molecule has 0 heterocycles. The van der Waals surface area contributed by atoms with Crippen LogP contribution in [0.25, 0.3) is 0 Å². The molecule has 0 aromatic heterocycles. The van der Waals surface area contributed by atoms with Crippen LogP contribution < -0.4 is 0 Å². The predicted molar refractivity (Wildman–Crippen MR) is 59.6 cm³/mol. The van der Waals surface area contributed by atoms with Gasteiger partial charge in [-0.3, -0.25) is 0 Å². The third kappa shape index (κ3) is 16.6. The number of rotatable bonds is 2. The zero-order chi connectivity index (χ0) is 10.2. The molecule has 0 saturated heterocycles. The first-order chi connectivity index (χ1) is 5.37. The molecule has 0 N–H and O–H groups in total.